The van der Waals surface area contributed by atoms with E-state index in [-0.39, 0.29) is 19.0 Å². The van der Waals surface area contributed by atoms with Gasteiger partial charge >= 0.3 is 0 Å². The lowest BCUT2D eigenvalue weighted by Gasteiger charge is -2.08. The first-order valence-corrected chi connectivity index (χ1v) is 5.75. The van der Waals surface area contributed by atoms with Crippen LogP contribution < -0.4 is 22.5 Å². The topological polar surface area (TPSA) is 41.5 Å². The summed E-state index contributed by atoms with van der Waals surface area (Å²) in [4.78, 5) is 0. The van der Waals surface area contributed by atoms with Crippen LogP contribution in [-0.2, 0) is 6.54 Å². The van der Waals surface area contributed by atoms with Crippen molar-refractivity contribution in [2.24, 2.45) is 5.92 Å². The minimum Gasteiger partial charge on any atom is -1.00 e. The molecule has 4 heteroatoms. The van der Waals surface area contributed by atoms with Crippen LogP contribution in [0, 0.1) is 5.92 Å². The summed E-state index contributed by atoms with van der Waals surface area (Å²) in [6.45, 7) is 6.71. The molecule has 0 saturated carbocycles. The summed E-state index contributed by atoms with van der Waals surface area (Å²) in [5.74, 6) is 1.48. The Morgan fingerprint density at radius 2 is 1.88 bits per heavy atom. The summed E-state index contributed by atoms with van der Waals surface area (Å²) in [5, 5.41) is 12.0. The molecular weight excluding hydrogens is 238 g/mol. The van der Waals surface area contributed by atoms with Crippen LogP contribution in [0.3, 0.4) is 0 Å². The van der Waals surface area contributed by atoms with Gasteiger partial charge in [-0.1, -0.05) is 26.0 Å². The van der Waals surface area contributed by atoms with E-state index in [1.165, 1.54) is 5.56 Å². The van der Waals surface area contributed by atoms with Gasteiger partial charge < -0.3 is 27.6 Å². The fourth-order valence-corrected chi connectivity index (χ4v) is 1.37. The molecule has 1 aromatic rings. The van der Waals surface area contributed by atoms with Crippen LogP contribution in [0.1, 0.15) is 19.4 Å². The smallest absolute Gasteiger partial charge is 0.119 e. The maximum atomic E-state index is 8.62. The first-order valence-electron chi connectivity index (χ1n) is 5.75. The number of nitrogens with one attached hydrogen (secondary N) is 1. The Hall–Kier alpha value is -0.770. The van der Waals surface area contributed by atoms with E-state index in [0.717, 1.165) is 18.8 Å². The molecule has 0 fully saturated rings. The number of ether oxygens (including phenoxy) is 1. The van der Waals surface area contributed by atoms with Crippen molar-refractivity contribution < 1.29 is 22.3 Å². The molecule has 0 unspecified atom stereocenters. The molecule has 0 radical (unpaired) electrons. The highest BCUT2D eigenvalue weighted by Crippen LogP contribution is 2.11. The van der Waals surface area contributed by atoms with Gasteiger partial charge in [-0.25, -0.2) is 0 Å². The molecule has 0 heterocycles. The Balaban J connectivity index is 0.00000256. The molecule has 0 bridgehead atoms. The molecule has 0 aliphatic carbocycles. The molecule has 1 rings (SSSR count). The fraction of sp³-hybridized carbons (Fsp3) is 0.538. The van der Waals surface area contributed by atoms with E-state index in [4.69, 9.17) is 9.84 Å². The van der Waals surface area contributed by atoms with Gasteiger partial charge in [0.2, 0.25) is 0 Å². The maximum Gasteiger partial charge on any atom is 0.119 e. The number of hydrogen-bond donors (Lipinski definition) is 2. The van der Waals surface area contributed by atoms with Crippen molar-refractivity contribution in [2.75, 3.05) is 19.8 Å². The zero-order valence-electron chi connectivity index (χ0n) is 10.4. The maximum absolute atomic E-state index is 8.62. The molecule has 0 aliphatic rings. The van der Waals surface area contributed by atoms with E-state index in [2.05, 4.69) is 19.2 Å². The lowest BCUT2D eigenvalue weighted by Crippen LogP contribution is -3.00. The summed E-state index contributed by atoms with van der Waals surface area (Å²) < 4.78 is 5.28. The third-order valence-corrected chi connectivity index (χ3v) is 2.17. The predicted octanol–water partition coefficient (Wildman–Crippen LogP) is -1.19. The molecule has 0 amide bonds. The van der Waals surface area contributed by atoms with Crippen molar-refractivity contribution in [3.05, 3.63) is 29.8 Å². The fourth-order valence-electron chi connectivity index (χ4n) is 1.37. The Morgan fingerprint density at radius 1 is 1.24 bits per heavy atom. The van der Waals surface area contributed by atoms with E-state index >= 15 is 0 Å². The van der Waals surface area contributed by atoms with E-state index in [9.17, 15) is 0 Å². The second-order valence-corrected chi connectivity index (χ2v) is 4.24. The van der Waals surface area contributed by atoms with Crippen LogP contribution in [0.4, 0.5) is 0 Å². The Morgan fingerprint density at radius 3 is 2.41 bits per heavy atom. The number of aliphatic hydroxyl groups excluding tert-OH is 1. The largest absolute Gasteiger partial charge is 1.00 e. The van der Waals surface area contributed by atoms with Crippen LogP contribution in [0.25, 0.3) is 0 Å². The van der Waals surface area contributed by atoms with Gasteiger partial charge in [0.1, 0.15) is 12.4 Å². The van der Waals surface area contributed by atoms with Crippen LogP contribution in [0.15, 0.2) is 24.3 Å². The standard InChI is InChI=1S/C13H21NO2.ClH/c1-11(2)9-14-10-12-3-5-13(6-4-12)16-8-7-15;/h3-6,11,14-15H,7-10H2,1-2H3;1H/p-1. The number of halogens is 1. The average Bonchev–Trinajstić information content (AvgIpc) is 2.27. The third-order valence-electron chi connectivity index (χ3n) is 2.17. The molecule has 0 spiro atoms. The third kappa shape index (κ3) is 7.21. The second kappa shape index (κ2) is 9.28. The number of rotatable bonds is 7. The molecule has 17 heavy (non-hydrogen) atoms. The summed E-state index contributed by atoms with van der Waals surface area (Å²) >= 11 is 0. The Kier molecular flexibility index (Phi) is 8.86. The minimum atomic E-state index is 0. The summed E-state index contributed by atoms with van der Waals surface area (Å²) in [5.41, 5.74) is 1.25. The normalized spacial score (nSPS) is 10.1. The van der Waals surface area contributed by atoms with Crippen molar-refractivity contribution in [3.8, 4) is 5.75 Å². The van der Waals surface area contributed by atoms with Crippen molar-refractivity contribution >= 4 is 0 Å². The SMILES string of the molecule is CC(C)CNCc1ccc(OCCO)cc1.[Cl-]. The number of hydrogen-bond acceptors (Lipinski definition) is 3. The first kappa shape index (κ1) is 16.2. The van der Waals surface area contributed by atoms with Crippen LogP contribution in [0.2, 0.25) is 0 Å². The molecule has 0 saturated heterocycles. The van der Waals surface area contributed by atoms with Gasteiger partial charge in [0.15, 0.2) is 0 Å². The number of aliphatic hydroxyl groups is 1. The van der Waals surface area contributed by atoms with Crippen molar-refractivity contribution in [1.82, 2.24) is 5.32 Å². The van der Waals surface area contributed by atoms with E-state index in [1.54, 1.807) is 0 Å². The van der Waals surface area contributed by atoms with Gasteiger partial charge in [0.05, 0.1) is 6.61 Å². The molecule has 0 atom stereocenters. The highest BCUT2D eigenvalue weighted by molar-refractivity contribution is 5.27. The predicted molar refractivity (Wildman–Crippen MR) is 65.6 cm³/mol. The Bertz CT molecular complexity index is 288. The molecule has 1 aromatic carbocycles. The summed E-state index contributed by atoms with van der Waals surface area (Å²) in [6.07, 6.45) is 0. The minimum absolute atomic E-state index is 0. The zero-order valence-corrected chi connectivity index (χ0v) is 11.2. The highest BCUT2D eigenvalue weighted by Gasteiger charge is 1.96. The zero-order chi connectivity index (χ0) is 11.8. The van der Waals surface area contributed by atoms with Crippen molar-refractivity contribution in [3.63, 3.8) is 0 Å². The molecular formula is C13H21ClNO2-. The summed E-state index contributed by atoms with van der Waals surface area (Å²) in [6, 6.07) is 7.95. The average molecular weight is 259 g/mol. The van der Waals surface area contributed by atoms with E-state index < -0.39 is 0 Å². The van der Waals surface area contributed by atoms with Gasteiger partial charge in [-0.3, -0.25) is 0 Å². The first-order chi connectivity index (χ1) is 7.72. The lowest BCUT2D eigenvalue weighted by molar-refractivity contribution is -0.00000474. The van der Waals surface area contributed by atoms with Crippen LogP contribution in [-0.4, -0.2) is 24.9 Å². The van der Waals surface area contributed by atoms with Gasteiger partial charge in [-0.15, -0.1) is 0 Å². The molecule has 0 aliphatic heterocycles. The van der Waals surface area contributed by atoms with Crippen molar-refractivity contribution in [1.29, 1.82) is 0 Å². The van der Waals surface area contributed by atoms with E-state index in [1.807, 2.05) is 24.3 Å². The lowest BCUT2D eigenvalue weighted by atomic mass is 10.2. The molecule has 98 valence electrons. The van der Waals surface area contributed by atoms with Gasteiger partial charge in [0.25, 0.3) is 0 Å². The van der Waals surface area contributed by atoms with Gasteiger partial charge in [0, 0.05) is 6.54 Å². The summed E-state index contributed by atoms with van der Waals surface area (Å²) in [7, 11) is 0. The quantitative estimate of drug-likeness (QED) is 0.646. The van der Waals surface area contributed by atoms with Gasteiger partial charge in [-0.2, -0.15) is 0 Å². The molecule has 0 aromatic heterocycles. The Labute approximate surface area is 110 Å². The van der Waals surface area contributed by atoms with Crippen molar-refractivity contribution in [2.45, 2.75) is 20.4 Å². The van der Waals surface area contributed by atoms with Gasteiger partial charge in [-0.05, 0) is 30.2 Å². The highest BCUT2D eigenvalue weighted by atomic mass is 35.5. The second-order valence-electron chi connectivity index (χ2n) is 4.24. The van der Waals surface area contributed by atoms with E-state index in [0.29, 0.717) is 12.5 Å². The molecule has 3 nitrogen and oxygen atoms in total. The monoisotopic (exact) mass is 258 g/mol. The molecule has 2 N–H and O–H groups in total. The van der Waals surface area contributed by atoms with Crippen LogP contribution >= 0.6 is 0 Å². The number of benzene rings is 1. The van der Waals surface area contributed by atoms with Crippen LogP contribution in [0.5, 0.6) is 5.75 Å².